The van der Waals surface area contributed by atoms with Gasteiger partial charge in [-0.3, -0.25) is 14.7 Å². The molecule has 3 aromatic rings. The van der Waals surface area contributed by atoms with E-state index >= 15 is 0 Å². The average Bonchev–Trinajstić information content (AvgIpc) is 3.13. The molecule has 0 bridgehead atoms. The minimum atomic E-state index is -0.0117. The van der Waals surface area contributed by atoms with Gasteiger partial charge in [0, 0.05) is 37.2 Å². The Hall–Kier alpha value is -3.18. The Bertz CT molecular complexity index is 1070. The van der Waals surface area contributed by atoms with Gasteiger partial charge in [-0.2, -0.15) is 0 Å². The molecule has 33 heavy (non-hydrogen) atoms. The molecule has 2 saturated heterocycles. The fourth-order valence-corrected chi connectivity index (χ4v) is 5.65. The van der Waals surface area contributed by atoms with E-state index in [1.54, 1.807) is 13.3 Å². The van der Waals surface area contributed by atoms with Crippen molar-refractivity contribution in [3.8, 4) is 5.75 Å². The maximum Gasteiger partial charge on any atom is 0.224 e. The number of hydrogen-bond acceptors (Lipinski definition) is 4. The van der Waals surface area contributed by atoms with Gasteiger partial charge in [-0.1, -0.05) is 48.5 Å². The monoisotopic (exact) mass is 441 g/mol. The number of ether oxygens (including phenoxy) is 1. The Morgan fingerprint density at radius 3 is 2.42 bits per heavy atom. The number of hydrogen-bond donors (Lipinski definition) is 0. The molecule has 2 aliphatic heterocycles. The van der Waals surface area contributed by atoms with Gasteiger partial charge in [0.15, 0.2) is 0 Å². The van der Waals surface area contributed by atoms with E-state index in [1.807, 2.05) is 35.2 Å². The van der Waals surface area contributed by atoms with E-state index in [-0.39, 0.29) is 17.4 Å². The molecule has 1 amide bonds. The Kier molecular flexibility index (Phi) is 6.14. The molecule has 0 saturated carbocycles. The van der Waals surface area contributed by atoms with Crippen LogP contribution in [0.4, 0.5) is 0 Å². The minimum Gasteiger partial charge on any atom is -0.497 e. The van der Waals surface area contributed by atoms with Gasteiger partial charge >= 0.3 is 0 Å². The lowest BCUT2D eigenvalue weighted by atomic mass is 9.71. The highest BCUT2D eigenvalue weighted by molar-refractivity contribution is 5.77. The predicted octanol–water partition coefficient (Wildman–Crippen LogP) is 4.43. The van der Waals surface area contributed by atoms with Crippen molar-refractivity contribution >= 4 is 5.91 Å². The second kappa shape index (κ2) is 9.36. The molecule has 0 aliphatic carbocycles. The minimum absolute atomic E-state index is 0.0117. The number of rotatable bonds is 6. The number of amides is 1. The quantitative estimate of drug-likeness (QED) is 0.568. The zero-order valence-electron chi connectivity index (χ0n) is 19.2. The second-order valence-corrected chi connectivity index (χ2v) is 9.20. The summed E-state index contributed by atoms with van der Waals surface area (Å²) in [5, 5.41) is 0. The molecule has 2 fully saturated rings. The molecule has 5 rings (SSSR count). The van der Waals surface area contributed by atoms with Crippen LogP contribution in [0.2, 0.25) is 0 Å². The van der Waals surface area contributed by atoms with Gasteiger partial charge in [-0.15, -0.1) is 0 Å². The lowest BCUT2D eigenvalue weighted by Gasteiger charge is -2.37. The number of aromatic nitrogens is 1. The molecule has 0 unspecified atom stereocenters. The summed E-state index contributed by atoms with van der Waals surface area (Å²) in [6.07, 6.45) is 4.38. The van der Waals surface area contributed by atoms with Gasteiger partial charge in [0.1, 0.15) is 5.75 Å². The first-order valence-electron chi connectivity index (χ1n) is 11.8. The van der Waals surface area contributed by atoms with E-state index in [2.05, 4.69) is 52.3 Å². The van der Waals surface area contributed by atoms with Crippen LogP contribution in [0.25, 0.3) is 0 Å². The third kappa shape index (κ3) is 4.38. The Balaban J connectivity index is 1.43. The number of methoxy groups -OCH3 is 1. The Morgan fingerprint density at radius 1 is 0.939 bits per heavy atom. The van der Waals surface area contributed by atoms with Gasteiger partial charge < -0.3 is 9.64 Å². The number of fused-ring (bicyclic) bond motifs is 1. The van der Waals surface area contributed by atoms with E-state index in [4.69, 9.17) is 4.74 Å². The smallest absolute Gasteiger partial charge is 0.224 e. The average molecular weight is 442 g/mol. The third-order valence-electron chi connectivity index (χ3n) is 7.44. The third-order valence-corrected chi connectivity index (χ3v) is 7.44. The van der Waals surface area contributed by atoms with Crippen molar-refractivity contribution in [1.29, 1.82) is 0 Å². The second-order valence-electron chi connectivity index (χ2n) is 9.20. The van der Waals surface area contributed by atoms with Crippen LogP contribution in [0, 0.1) is 0 Å². The summed E-state index contributed by atoms with van der Waals surface area (Å²) in [6.45, 7) is 3.18. The fraction of sp³-hybridized carbons (Fsp3) is 0.357. The van der Waals surface area contributed by atoms with Gasteiger partial charge in [0.25, 0.3) is 0 Å². The molecule has 2 aromatic carbocycles. The highest BCUT2D eigenvalue weighted by Gasteiger charge is 2.50. The maximum atomic E-state index is 13.5. The fourth-order valence-electron chi connectivity index (χ4n) is 5.65. The number of nitrogens with zero attached hydrogens (tertiary/aromatic N) is 3. The van der Waals surface area contributed by atoms with Crippen LogP contribution >= 0.6 is 0 Å². The molecule has 0 N–H and O–H groups in total. The molecular weight excluding hydrogens is 410 g/mol. The Morgan fingerprint density at radius 2 is 1.70 bits per heavy atom. The Labute approximate surface area is 196 Å². The normalized spacial score (nSPS) is 23.2. The molecule has 0 radical (unpaired) electrons. The number of carbonyl (C=O) groups is 1. The van der Waals surface area contributed by atoms with Crippen LogP contribution in [0.1, 0.15) is 36.1 Å². The van der Waals surface area contributed by atoms with Gasteiger partial charge in [0.2, 0.25) is 5.91 Å². The SMILES string of the molecule is COc1ccc(CN2CC[C@]3(c4ccccc4)CCN(Cc4ccccn4)C(=O)C[C@H]23)cc1. The van der Waals surface area contributed by atoms with Crippen molar-refractivity contribution in [2.24, 2.45) is 0 Å². The largest absolute Gasteiger partial charge is 0.497 e. The first kappa shape index (κ1) is 21.7. The summed E-state index contributed by atoms with van der Waals surface area (Å²) in [7, 11) is 1.69. The highest BCUT2D eigenvalue weighted by atomic mass is 16.5. The molecule has 3 heterocycles. The molecular formula is C28H31N3O2. The number of benzene rings is 2. The zero-order chi connectivity index (χ0) is 22.7. The molecule has 5 nitrogen and oxygen atoms in total. The molecule has 0 spiro atoms. The zero-order valence-corrected chi connectivity index (χ0v) is 19.2. The van der Waals surface area contributed by atoms with Crippen LogP contribution in [-0.4, -0.2) is 46.9 Å². The van der Waals surface area contributed by atoms with Crippen LogP contribution in [0.5, 0.6) is 5.75 Å². The summed E-state index contributed by atoms with van der Waals surface area (Å²) in [4.78, 5) is 22.5. The summed E-state index contributed by atoms with van der Waals surface area (Å²) < 4.78 is 5.32. The number of pyridine rings is 1. The van der Waals surface area contributed by atoms with Crippen molar-refractivity contribution in [3.05, 3.63) is 95.8 Å². The standard InChI is InChI=1S/C28H31N3O2/c1-33-25-12-10-22(11-13-25)20-30-17-14-28(23-7-3-2-4-8-23)15-18-31(27(32)19-26(28)30)21-24-9-5-6-16-29-24/h2-13,16,26H,14-15,17-21H2,1H3/t26-,28+/m0/s1. The van der Waals surface area contributed by atoms with E-state index < -0.39 is 0 Å². The van der Waals surface area contributed by atoms with Crippen molar-refractivity contribution < 1.29 is 9.53 Å². The van der Waals surface area contributed by atoms with E-state index in [1.165, 1.54) is 11.1 Å². The first-order valence-corrected chi connectivity index (χ1v) is 11.8. The van der Waals surface area contributed by atoms with Crippen LogP contribution < -0.4 is 4.74 Å². The van der Waals surface area contributed by atoms with E-state index in [9.17, 15) is 4.79 Å². The van der Waals surface area contributed by atoms with Crippen molar-refractivity contribution in [2.45, 2.75) is 43.8 Å². The lowest BCUT2D eigenvalue weighted by Crippen LogP contribution is -2.43. The maximum absolute atomic E-state index is 13.5. The summed E-state index contributed by atoms with van der Waals surface area (Å²) in [5.41, 5.74) is 3.55. The van der Waals surface area contributed by atoms with Gasteiger partial charge in [-0.25, -0.2) is 0 Å². The molecule has 2 aliphatic rings. The molecule has 1 aromatic heterocycles. The first-order chi connectivity index (χ1) is 16.2. The molecule has 2 atom stereocenters. The van der Waals surface area contributed by atoms with Gasteiger partial charge in [0.05, 0.1) is 19.3 Å². The topological polar surface area (TPSA) is 45.7 Å². The van der Waals surface area contributed by atoms with Crippen LogP contribution in [0.3, 0.4) is 0 Å². The summed E-state index contributed by atoms with van der Waals surface area (Å²) >= 11 is 0. The number of likely N-dealkylation sites (tertiary alicyclic amines) is 2. The van der Waals surface area contributed by atoms with Crippen molar-refractivity contribution in [2.75, 3.05) is 20.2 Å². The van der Waals surface area contributed by atoms with Gasteiger partial charge in [-0.05, 0) is 54.8 Å². The highest BCUT2D eigenvalue weighted by Crippen LogP contribution is 2.46. The van der Waals surface area contributed by atoms with E-state index in [0.717, 1.165) is 43.9 Å². The number of carbonyl (C=O) groups excluding carboxylic acids is 1. The predicted molar refractivity (Wildman–Crippen MR) is 129 cm³/mol. The lowest BCUT2D eigenvalue weighted by molar-refractivity contribution is -0.132. The van der Waals surface area contributed by atoms with Crippen LogP contribution in [0.15, 0.2) is 79.0 Å². The molecule has 5 heteroatoms. The van der Waals surface area contributed by atoms with Crippen molar-refractivity contribution in [3.63, 3.8) is 0 Å². The summed E-state index contributed by atoms with van der Waals surface area (Å²) in [5.74, 6) is 1.10. The summed E-state index contributed by atoms with van der Waals surface area (Å²) in [6, 6.07) is 25.2. The van der Waals surface area contributed by atoms with E-state index in [0.29, 0.717) is 13.0 Å². The van der Waals surface area contributed by atoms with Crippen molar-refractivity contribution in [1.82, 2.24) is 14.8 Å². The van der Waals surface area contributed by atoms with Crippen LogP contribution in [-0.2, 0) is 23.3 Å². The molecule has 170 valence electrons.